The Morgan fingerprint density at radius 3 is 2.33 bits per heavy atom. The van der Waals surface area contributed by atoms with Crippen molar-refractivity contribution in [2.75, 3.05) is 4.90 Å². The summed E-state index contributed by atoms with van der Waals surface area (Å²) >= 11 is 1.19. The number of nitrogens with zero attached hydrogens (tertiary/aromatic N) is 2. The minimum atomic E-state index is -0.285. The van der Waals surface area contributed by atoms with Crippen molar-refractivity contribution in [1.82, 2.24) is 4.37 Å². The molecule has 1 aliphatic rings. The fourth-order valence-electron chi connectivity index (χ4n) is 3.69. The highest BCUT2D eigenvalue weighted by Gasteiger charge is 2.25. The summed E-state index contributed by atoms with van der Waals surface area (Å²) in [5.74, 6) is 0.364. The number of aromatic hydroxyl groups is 1. The Balaban J connectivity index is 1.77. The SMILES string of the molecule is NC(=NC1CCC(O)CC1)c1c(N(c2ccccc2)c2ccc(O)cc2)s[nH]c1=O. The van der Waals surface area contributed by atoms with Gasteiger partial charge in [-0.15, -0.1) is 0 Å². The van der Waals surface area contributed by atoms with Crippen molar-refractivity contribution in [1.29, 1.82) is 0 Å². The molecule has 8 heteroatoms. The van der Waals surface area contributed by atoms with Crippen LogP contribution in [0, 0.1) is 0 Å². The third kappa shape index (κ3) is 4.24. The lowest BCUT2D eigenvalue weighted by molar-refractivity contribution is 0.123. The van der Waals surface area contributed by atoms with Crippen molar-refractivity contribution in [3.8, 4) is 5.75 Å². The van der Waals surface area contributed by atoms with E-state index in [-0.39, 0.29) is 29.3 Å². The second-order valence-corrected chi connectivity index (χ2v) is 8.17. The van der Waals surface area contributed by atoms with Gasteiger partial charge in [0.2, 0.25) is 0 Å². The molecule has 2 aromatic carbocycles. The van der Waals surface area contributed by atoms with Crippen LogP contribution in [-0.4, -0.2) is 32.6 Å². The molecule has 1 saturated carbocycles. The standard InChI is InChI=1S/C22H24N4O3S/c23-20(24-14-6-10-17(27)11-7-14)19-21(29)25-30-22(19)26(15-4-2-1-3-5-15)16-8-12-18(28)13-9-16/h1-5,8-9,12-14,17,27-28H,6-7,10-11H2,(H2,23,24)(H,25,29). The molecule has 0 saturated heterocycles. The number of hydrogen-bond donors (Lipinski definition) is 4. The molecule has 1 heterocycles. The number of nitrogens with one attached hydrogen (secondary N) is 1. The van der Waals surface area contributed by atoms with Crippen LogP contribution in [0.15, 0.2) is 64.4 Å². The van der Waals surface area contributed by atoms with Gasteiger partial charge in [-0.25, -0.2) is 0 Å². The maximum Gasteiger partial charge on any atom is 0.271 e. The summed E-state index contributed by atoms with van der Waals surface area (Å²) in [7, 11) is 0. The summed E-state index contributed by atoms with van der Waals surface area (Å²) in [5.41, 5.74) is 8.02. The number of aliphatic hydroxyl groups excluding tert-OH is 1. The third-order valence-corrected chi connectivity index (χ3v) is 6.12. The highest BCUT2D eigenvalue weighted by Crippen LogP contribution is 2.38. The van der Waals surface area contributed by atoms with E-state index in [9.17, 15) is 15.0 Å². The number of aromatic amines is 1. The van der Waals surface area contributed by atoms with Crippen LogP contribution < -0.4 is 16.2 Å². The molecular weight excluding hydrogens is 400 g/mol. The molecule has 0 aliphatic heterocycles. The molecule has 5 N–H and O–H groups in total. The van der Waals surface area contributed by atoms with Gasteiger partial charge in [-0.05, 0) is 73.6 Å². The first-order valence-corrected chi connectivity index (χ1v) is 10.7. The van der Waals surface area contributed by atoms with E-state index in [1.54, 1.807) is 24.3 Å². The summed E-state index contributed by atoms with van der Waals surface area (Å²) in [6, 6.07) is 16.4. The van der Waals surface area contributed by atoms with Crippen LogP contribution in [0.1, 0.15) is 31.2 Å². The highest BCUT2D eigenvalue weighted by atomic mass is 32.1. The zero-order chi connectivity index (χ0) is 21.1. The van der Waals surface area contributed by atoms with Crippen molar-refractivity contribution in [3.05, 3.63) is 70.5 Å². The first-order chi connectivity index (χ1) is 14.5. The summed E-state index contributed by atoms with van der Waals surface area (Å²) < 4.78 is 2.79. The van der Waals surface area contributed by atoms with Gasteiger partial charge < -0.3 is 15.9 Å². The van der Waals surface area contributed by atoms with Gasteiger partial charge in [-0.2, -0.15) is 0 Å². The molecule has 30 heavy (non-hydrogen) atoms. The second kappa shape index (κ2) is 8.73. The normalized spacial score (nSPS) is 19.6. The summed E-state index contributed by atoms with van der Waals surface area (Å²) in [6.07, 6.45) is 2.61. The van der Waals surface area contributed by atoms with E-state index < -0.39 is 0 Å². The van der Waals surface area contributed by atoms with Gasteiger partial charge in [0, 0.05) is 11.4 Å². The van der Waals surface area contributed by atoms with Gasteiger partial charge in [0.25, 0.3) is 5.56 Å². The van der Waals surface area contributed by atoms with E-state index in [0.717, 1.165) is 24.2 Å². The van der Waals surface area contributed by atoms with Crippen LogP contribution in [0.5, 0.6) is 5.75 Å². The van der Waals surface area contributed by atoms with Gasteiger partial charge in [0.05, 0.1) is 12.1 Å². The molecule has 0 radical (unpaired) electrons. The van der Waals surface area contributed by atoms with Gasteiger partial charge in [0.15, 0.2) is 0 Å². The van der Waals surface area contributed by atoms with Crippen LogP contribution in [-0.2, 0) is 0 Å². The van der Waals surface area contributed by atoms with Crippen LogP contribution >= 0.6 is 11.5 Å². The zero-order valence-corrected chi connectivity index (χ0v) is 17.2. The molecule has 1 aromatic heterocycles. The molecule has 0 spiro atoms. The lowest BCUT2D eigenvalue weighted by atomic mass is 9.93. The number of anilines is 3. The average Bonchev–Trinajstić information content (AvgIpc) is 3.13. The monoisotopic (exact) mass is 424 g/mol. The molecule has 0 unspecified atom stereocenters. The van der Waals surface area contributed by atoms with E-state index in [4.69, 9.17) is 5.73 Å². The predicted octanol–water partition coefficient (Wildman–Crippen LogP) is 3.62. The molecular formula is C22H24N4O3S. The Hall–Kier alpha value is -3.10. The van der Waals surface area contributed by atoms with Crippen molar-refractivity contribution in [3.63, 3.8) is 0 Å². The number of rotatable bonds is 5. The van der Waals surface area contributed by atoms with Crippen molar-refractivity contribution in [2.45, 2.75) is 37.8 Å². The fraction of sp³-hybridized carbons (Fsp3) is 0.273. The molecule has 3 aromatic rings. The van der Waals surface area contributed by atoms with E-state index >= 15 is 0 Å². The first-order valence-electron chi connectivity index (χ1n) is 9.90. The smallest absolute Gasteiger partial charge is 0.271 e. The lowest BCUT2D eigenvalue weighted by Crippen LogP contribution is -2.28. The predicted molar refractivity (Wildman–Crippen MR) is 120 cm³/mol. The van der Waals surface area contributed by atoms with Crippen molar-refractivity contribution in [2.24, 2.45) is 10.7 Å². The Morgan fingerprint density at radius 2 is 1.67 bits per heavy atom. The van der Waals surface area contributed by atoms with Crippen LogP contribution in [0.2, 0.25) is 0 Å². The second-order valence-electron chi connectivity index (χ2n) is 7.38. The molecule has 7 nitrogen and oxygen atoms in total. The number of nitrogens with two attached hydrogens (primary N) is 1. The number of H-pyrrole nitrogens is 1. The van der Waals surface area contributed by atoms with Crippen molar-refractivity contribution < 1.29 is 10.2 Å². The molecule has 1 aliphatic carbocycles. The van der Waals surface area contributed by atoms with Gasteiger partial charge >= 0.3 is 0 Å². The Bertz CT molecular complexity index is 1070. The molecule has 4 rings (SSSR count). The molecule has 0 amide bonds. The fourth-order valence-corrected chi connectivity index (χ4v) is 4.58. The minimum absolute atomic E-state index is 0.000558. The topological polar surface area (TPSA) is 115 Å². The van der Waals surface area contributed by atoms with Crippen LogP contribution in [0.25, 0.3) is 0 Å². The zero-order valence-electron chi connectivity index (χ0n) is 16.4. The number of para-hydroxylation sites is 1. The van der Waals surface area contributed by atoms with E-state index in [1.165, 1.54) is 11.5 Å². The van der Waals surface area contributed by atoms with E-state index in [0.29, 0.717) is 23.4 Å². The number of phenols is 1. The van der Waals surface area contributed by atoms with E-state index in [2.05, 4.69) is 9.37 Å². The van der Waals surface area contributed by atoms with Crippen LogP contribution in [0.3, 0.4) is 0 Å². The van der Waals surface area contributed by atoms with Gasteiger partial charge in [0.1, 0.15) is 22.1 Å². The maximum atomic E-state index is 12.7. The quantitative estimate of drug-likeness (QED) is 0.369. The number of amidine groups is 1. The number of aromatic nitrogens is 1. The Morgan fingerprint density at radius 1 is 1.03 bits per heavy atom. The van der Waals surface area contributed by atoms with E-state index in [1.807, 2.05) is 35.2 Å². The minimum Gasteiger partial charge on any atom is -0.508 e. The molecule has 156 valence electrons. The van der Waals surface area contributed by atoms with Gasteiger partial charge in [-0.3, -0.25) is 19.1 Å². The summed E-state index contributed by atoms with van der Waals surface area (Å²) in [4.78, 5) is 19.2. The van der Waals surface area contributed by atoms with Gasteiger partial charge in [-0.1, -0.05) is 18.2 Å². The molecule has 0 bridgehead atoms. The number of benzene rings is 2. The Labute approximate surface area is 178 Å². The number of aliphatic imine (C=N–C) groups is 1. The number of aliphatic hydroxyl groups is 1. The molecule has 0 atom stereocenters. The Kier molecular flexibility index (Phi) is 5.87. The average molecular weight is 425 g/mol. The maximum absolute atomic E-state index is 12.7. The number of phenolic OH excluding ortho intramolecular Hbond substituents is 1. The molecule has 1 fully saturated rings. The van der Waals surface area contributed by atoms with Crippen molar-refractivity contribution >= 4 is 33.7 Å². The number of hydrogen-bond acceptors (Lipinski definition) is 6. The van der Waals surface area contributed by atoms with Crippen LogP contribution in [0.4, 0.5) is 16.4 Å². The third-order valence-electron chi connectivity index (χ3n) is 5.25. The largest absolute Gasteiger partial charge is 0.508 e. The lowest BCUT2D eigenvalue weighted by Gasteiger charge is -2.25. The highest BCUT2D eigenvalue weighted by molar-refractivity contribution is 7.10. The summed E-state index contributed by atoms with van der Waals surface area (Å²) in [5, 5.41) is 20.1. The first kappa shape index (κ1) is 20.2. The summed E-state index contributed by atoms with van der Waals surface area (Å²) in [6.45, 7) is 0.